The first kappa shape index (κ1) is 10.2. The molecule has 14 heavy (non-hydrogen) atoms. The fourth-order valence-electron chi connectivity index (χ4n) is 1.38. The summed E-state index contributed by atoms with van der Waals surface area (Å²) >= 11 is 17.8. The predicted molar refractivity (Wildman–Crippen MR) is 62.8 cm³/mol. The lowest BCUT2D eigenvalue weighted by Crippen LogP contribution is -2.36. The molecule has 2 rings (SSSR count). The van der Waals surface area contributed by atoms with Crippen LogP contribution in [0.5, 0.6) is 0 Å². The zero-order valence-corrected chi connectivity index (χ0v) is 9.71. The van der Waals surface area contributed by atoms with Gasteiger partial charge in [0.25, 0.3) is 0 Å². The Balaban J connectivity index is 2.42. The molecule has 2 unspecified atom stereocenters. The van der Waals surface area contributed by atoms with E-state index in [1.165, 1.54) is 0 Å². The van der Waals surface area contributed by atoms with E-state index in [4.69, 9.17) is 34.8 Å². The first-order valence-corrected chi connectivity index (χ1v) is 5.43. The zero-order chi connectivity index (χ0) is 10.3. The van der Waals surface area contributed by atoms with Gasteiger partial charge < -0.3 is 10.6 Å². The first-order chi connectivity index (χ1) is 6.58. The quantitative estimate of drug-likeness (QED) is 0.541. The second kappa shape index (κ2) is 3.69. The number of alkyl halides is 1. The lowest BCUT2D eigenvalue weighted by molar-refractivity contribution is 0.766. The highest BCUT2D eigenvalue weighted by Gasteiger charge is 2.22. The SMILES string of the molecule is CC1Nc2cc(Cl)c(Cl)cc2NC1Cl. The number of anilines is 2. The average molecular weight is 252 g/mol. The minimum absolute atomic E-state index is 0.139. The van der Waals surface area contributed by atoms with Crippen LogP contribution in [0.3, 0.4) is 0 Å². The molecule has 5 heteroatoms. The van der Waals surface area contributed by atoms with E-state index in [0.29, 0.717) is 10.0 Å². The largest absolute Gasteiger partial charge is 0.378 e. The third-order valence-electron chi connectivity index (χ3n) is 2.18. The van der Waals surface area contributed by atoms with Crippen LogP contribution >= 0.6 is 34.8 Å². The molecule has 1 aliphatic heterocycles. The Morgan fingerprint density at radius 1 is 1.07 bits per heavy atom. The Morgan fingerprint density at radius 3 is 2.14 bits per heavy atom. The van der Waals surface area contributed by atoms with Crippen molar-refractivity contribution < 1.29 is 0 Å². The fourth-order valence-corrected chi connectivity index (χ4v) is 1.89. The van der Waals surface area contributed by atoms with Crippen molar-refractivity contribution >= 4 is 46.2 Å². The molecule has 2 atom stereocenters. The number of rotatable bonds is 0. The third kappa shape index (κ3) is 1.74. The predicted octanol–water partition coefficient (Wildman–Crippen LogP) is 3.78. The highest BCUT2D eigenvalue weighted by molar-refractivity contribution is 6.42. The van der Waals surface area contributed by atoms with Crippen molar-refractivity contribution in [2.75, 3.05) is 10.6 Å². The maximum absolute atomic E-state index is 6.04. The van der Waals surface area contributed by atoms with E-state index in [9.17, 15) is 0 Å². The van der Waals surface area contributed by atoms with Crippen LogP contribution in [0.4, 0.5) is 11.4 Å². The number of nitrogens with one attached hydrogen (secondary N) is 2. The molecule has 0 aromatic heterocycles. The van der Waals surface area contributed by atoms with Crippen molar-refractivity contribution in [3.63, 3.8) is 0 Å². The van der Waals surface area contributed by atoms with E-state index >= 15 is 0 Å². The van der Waals surface area contributed by atoms with Gasteiger partial charge in [-0.3, -0.25) is 0 Å². The molecule has 1 heterocycles. The van der Waals surface area contributed by atoms with Crippen molar-refractivity contribution in [1.29, 1.82) is 0 Å². The fraction of sp³-hybridized carbons (Fsp3) is 0.333. The molecule has 0 amide bonds. The lowest BCUT2D eigenvalue weighted by Gasteiger charge is -2.30. The van der Waals surface area contributed by atoms with Crippen LogP contribution in [-0.4, -0.2) is 11.5 Å². The molecule has 0 fully saturated rings. The molecule has 0 bridgehead atoms. The molecule has 1 aliphatic rings. The van der Waals surface area contributed by atoms with Gasteiger partial charge in [0.1, 0.15) is 5.50 Å². The summed E-state index contributed by atoms with van der Waals surface area (Å²) in [7, 11) is 0. The van der Waals surface area contributed by atoms with E-state index in [1.807, 2.05) is 6.92 Å². The van der Waals surface area contributed by atoms with Crippen molar-refractivity contribution in [3.05, 3.63) is 22.2 Å². The Hall–Kier alpha value is -0.310. The van der Waals surface area contributed by atoms with Crippen LogP contribution in [0.15, 0.2) is 12.1 Å². The number of hydrogen-bond donors (Lipinski definition) is 2. The highest BCUT2D eigenvalue weighted by Crippen LogP contribution is 2.36. The summed E-state index contributed by atoms with van der Waals surface area (Å²) in [5, 5.41) is 7.45. The average Bonchev–Trinajstić information content (AvgIpc) is 2.11. The van der Waals surface area contributed by atoms with Gasteiger partial charge >= 0.3 is 0 Å². The molecular formula is C9H9Cl3N2. The Kier molecular flexibility index (Phi) is 2.69. The second-order valence-corrected chi connectivity index (χ2v) is 4.58. The van der Waals surface area contributed by atoms with Crippen molar-refractivity contribution in [2.24, 2.45) is 0 Å². The topological polar surface area (TPSA) is 24.1 Å². The van der Waals surface area contributed by atoms with Gasteiger partial charge in [-0.05, 0) is 19.1 Å². The van der Waals surface area contributed by atoms with E-state index in [0.717, 1.165) is 11.4 Å². The highest BCUT2D eigenvalue weighted by atomic mass is 35.5. The van der Waals surface area contributed by atoms with Crippen molar-refractivity contribution in [3.8, 4) is 0 Å². The summed E-state index contributed by atoms with van der Waals surface area (Å²) < 4.78 is 0. The van der Waals surface area contributed by atoms with Crippen LogP contribution in [0, 0.1) is 0 Å². The van der Waals surface area contributed by atoms with Crippen molar-refractivity contribution in [1.82, 2.24) is 0 Å². The zero-order valence-electron chi connectivity index (χ0n) is 7.44. The summed E-state index contributed by atoms with van der Waals surface area (Å²) in [6.07, 6.45) is 0. The van der Waals surface area contributed by atoms with E-state index in [2.05, 4.69) is 10.6 Å². The molecule has 1 aromatic carbocycles. The molecule has 0 saturated carbocycles. The van der Waals surface area contributed by atoms with E-state index in [1.54, 1.807) is 12.1 Å². The van der Waals surface area contributed by atoms with Gasteiger partial charge in [0, 0.05) is 0 Å². The summed E-state index contributed by atoms with van der Waals surface area (Å²) in [4.78, 5) is 0. The molecule has 2 N–H and O–H groups in total. The summed E-state index contributed by atoms with van der Waals surface area (Å²) in [6, 6.07) is 3.72. The van der Waals surface area contributed by atoms with Gasteiger partial charge in [-0.15, -0.1) is 0 Å². The Bertz CT molecular complexity index is 332. The molecule has 2 nitrogen and oxygen atoms in total. The van der Waals surface area contributed by atoms with Gasteiger partial charge in [-0.1, -0.05) is 34.8 Å². The smallest absolute Gasteiger partial charge is 0.121 e. The molecule has 0 saturated heterocycles. The molecule has 0 spiro atoms. The van der Waals surface area contributed by atoms with Crippen molar-refractivity contribution in [2.45, 2.75) is 18.5 Å². The van der Waals surface area contributed by atoms with Crippen LogP contribution in [0.1, 0.15) is 6.92 Å². The standard InChI is InChI=1S/C9H9Cl3N2/c1-4-9(12)14-8-3-6(11)5(10)2-7(8)13-4/h2-4,9,13-14H,1H3. The Labute approximate surface area is 97.5 Å². The molecule has 0 radical (unpaired) electrons. The number of halogens is 3. The summed E-state index contributed by atoms with van der Waals surface area (Å²) in [5.74, 6) is 0. The van der Waals surface area contributed by atoms with Crippen LogP contribution in [-0.2, 0) is 0 Å². The number of fused-ring (bicyclic) bond motifs is 1. The van der Waals surface area contributed by atoms with Gasteiger partial charge in [0.2, 0.25) is 0 Å². The second-order valence-electron chi connectivity index (χ2n) is 3.29. The van der Waals surface area contributed by atoms with Crippen LogP contribution in [0.25, 0.3) is 0 Å². The summed E-state index contributed by atoms with van der Waals surface area (Å²) in [6.45, 7) is 2.00. The number of benzene rings is 1. The number of hydrogen-bond acceptors (Lipinski definition) is 2. The third-order valence-corrected chi connectivity index (χ3v) is 3.39. The molecule has 1 aromatic rings. The van der Waals surface area contributed by atoms with Gasteiger partial charge in [0.05, 0.1) is 27.5 Å². The molecule has 76 valence electrons. The molecule has 0 aliphatic carbocycles. The normalized spacial score (nSPS) is 24.9. The van der Waals surface area contributed by atoms with Gasteiger partial charge in [-0.25, -0.2) is 0 Å². The monoisotopic (exact) mass is 250 g/mol. The minimum Gasteiger partial charge on any atom is -0.378 e. The Morgan fingerprint density at radius 2 is 1.57 bits per heavy atom. The van der Waals surface area contributed by atoms with Crippen LogP contribution in [0.2, 0.25) is 10.0 Å². The first-order valence-electron chi connectivity index (χ1n) is 4.24. The summed E-state index contributed by atoms with van der Waals surface area (Å²) in [5.41, 5.74) is 1.68. The van der Waals surface area contributed by atoms with E-state index < -0.39 is 0 Å². The van der Waals surface area contributed by atoms with Crippen LogP contribution < -0.4 is 10.6 Å². The lowest BCUT2D eigenvalue weighted by atomic mass is 10.1. The minimum atomic E-state index is -0.139. The van der Waals surface area contributed by atoms with Gasteiger partial charge in [-0.2, -0.15) is 0 Å². The maximum atomic E-state index is 6.04. The van der Waals surface area contributed by atoms with Gasteiger partial charge in [0.15, 0.2) is 0 Å². The van der Waals surface area contributed by atoms with E-state index in [-0.39, 0.29) is 11.5 Å². The molecular weight excluding hydrogens is 242 g/mol. The maximum Gasteiger partial charge on any atom is 0.121 e.